The van der Waals surface area contributed by atoms with E-state index in [0.717, 1.165) is 10.5 Å². The standard InChI is InChI=1S/C28H31F6N3O3/c1-16(18-11-19(27(29,30)31)13-20(12-18)28(32,33)34)36(5)24(39)37-15-21-14-26(21,35-23(38)40-25(2,3)4)22(37)17-9-7-6-8-10-17/h6-13,16,21-22H,14-15H2,1-5H3,(H,35,38)/t16-,21?,22+,26-/m0/s1. The molecular formula is C28H31F6N3O3. The number of amides is 3. The van der Waals surface area contributed by atoms with E-state index in [1.165, 1.54) is 18.9 Å². The highest BCUT2D eigenvalue weighted by Crippen LogP contribution is 2.60. The van der Waals surface area contributed by atoms with Gasteiger partial charge in [0.15, 0.2) is 0 Å². The molecule has 1 saturated carbocycles. The largest absolute Gasteiger partial charge is 0.444 e. The van der Waals surface area contributed by atoms with Gasteiger partial charge in [0.05, 0.1) is 28.7 Å². The molecule has 0 radical (unpaired) electrons. The van der Waals surface area contributed by atoms with E-state index in [9.17, 15) is 35.9 Å². The number of benzene rings is 2. The van der Waals surface area contributed by atoms with Crippen LogP contribution in [0, 0.1) is 5.92 Å². The van der Waals surface area contributed by atoms with Gasteiger partial charge >= 0.3 is 24.5 Å². The molecule has 40 heavy (non-hydrogen) atoms. The van der Waals surface area contributed by atoms with Crippen molar-refractivity contribution in [1.82, 2.24) is 15.1 Å². The third-order valence-electron chi connectivity index (χ3n) is 7.44. The highest BCUT2D eigenvalue weighted by atomic mass is 19.4. The summed E-state index contributed by atoms with van der Waals surface area (Å²) in [6.07, 6.45) is -10.1. The number of piperidine rings is 1. The molecule has 0 spiro atoms. The summed E-state index contributed by atoms with van der Waals surface area (Å²) in [7, 11) is 1.33. The first-order chi connectivity index (χ1) is 18.3. The van der Waals surface area contributed by atoms with E-state index in [2.05, 4.69) is 5.32 Å². The van der Waals surface area contributed by atoms with Crippen molar-refractivity contribution in [1.29, 1.82) is 0 Å². The Kier molecular flexibility index (Phi) is 7.30. The summed E-state index contributed by atoms with van der Waals surface area (Å²) in [6.45, 7) is 6.78. The number of hydrogen-bond acceptors (Lipinski definition) is 3. The van der Waals surface area contributed by atoms with Gasteiger partial charge in [-0.05, 0) is 63.4 Å². The van der Waals surface area contributed by atoms with Crippen molar-refractivity contribution in [3.8, 4) is 0 Å². The van der Waals surface area contributed by atoms with Gasteiger partial charge in [-0.15, -0.1) is 0 Å². The fourth-order valence-corrected chi connectivity index (χ4v) is 5.36. The Hall–Kier alpha value is -3.44. The maximum atomic E-state index is 13.8. The molecule has 4 rings (SSSR count). The monoisotopic (exact) mass is 571 g/mol. The Morgan fingerprint density at radius 3 is 2.05 bits per heavy atom. The molecule has 218 valence electrons. The molecule has 1 unspecified atom stereocenters. The summed E-state index contributed by atoms with van der Waals surface area (Å²) in [6, 6.07) is 7.94. The van der Waals surface area contributed by atoms with Crippen LogP contribution in [0.1, 0.15) is 68.5 Å². The summed E-state index contributed by atoms with van der Waals surface area (Å²) >= 11 is 0. The molecule has 0 aromatic heterocycles. The quantitative estimate of drug-likeness (QED) is 0.396. The molecule has 1 heterocycles. The van der Waals surface area contributed by atoms with Gasteiger partial charge in [0.1, 0.15) is 5.60 Å². The average Bonchev–Trinajstić information content (AvgIpc) is 3.42. The minimum Gasteiger partial charge on any atom is -0.444 e. The lowest BCUT2D eigenvalue weighted by atomic mass is 9.97. The normalized spacial score (nSPS) is 23.3. The lowest BCUT2D eigenvalue weighted by Crippen LogP contribution is -2.50. The minimum atomic E-state index is -5.01. The Labute approximate surface area is 228 Å². The van der Waals surface area contributed by atoms with E-state index >= 15 is 0 Å². The second-order valence-electron chi connectivity index (χ2n) is 11.4. The molecule has 1 N–H and O–H groups in total. The fraction of sp³-hybridized carbons (Fsp3) is 0.500. The molecular weight excluding hydrogens is 540 g/mol. The number of carbonyl (C=O) groups is 2. The van der Waals surface area contributed by atoms with Gasteiger partial charge in [-0.25, -0.2) is 9.59 Å². The molecule has 4 atom stereocenters. The van der Waals surface area contributed by atoms with Gasteiger partial charge in [-0.1, -0.05) is 30.3 Å². The molecule has 1 saturated heterocycles. The Balaban J connectivity index is 1.65. The summed E-state index contributed by atoms with van der Waals surface area (Å²) in [5.41, 5.74) is -4.04. The highest BCUT2D eigenvalue weighted by molar-refractivity contribution is 5.78. The van der Waals surface area contributed by atoms with Crippen LogP contribution in [0.25, 0.3) is 0 Å². The van der Waals surface area contributed by atoms with Crippen molar-refractivity contribution in [2.45, 2.75) is 69.7 Å². The Morgan fingerprint density at radius 1 is 1.00 bits per heavy atom. The van der Waals surface area contributed by atoms with Gasteiger partial charge < -0.3 is 19.9 Å². The molecule has 3 amide bonds. The lowest BCUT2D eigenvalue weighted by Gasteiger charge is -2.37. The van der Waals surface area contributed by atoms with Crippen LogP contribution in [-0.2, 0) is 17.1 Å². The number of carbonyl (C=O) groups excluding carboxylic acids is 2. The van der Waals surface area contributed by atoms with Gasteiger partial charge in [-0.3, -0.25) is 0 Å². The maximum Gasteiger partial charge on any atom is 0.416 e. The van der Waals surface area contributed by atoms with Gasteiger partial charge in [0.25, 0.3) is 0 Å². The number of nitrogens with one attached hydrogen (secondary N) is 1. The van der Waals surface area contributed by atoms with Crippen LogP contribution >= 0.6 is 0 Å². The molecule has 6 nitrogen and oxygen atoms in total. The first-order valence-electron chi connectivity index (χ1n) is 12.7. The van der Waals surface area contributed by atoms with Crippen molar-refractivity contribution in [2.75, 3.05) is 13.6 Å². The zero-order valence-corrected chi connectivity index (χ0v) is 22.7. The topological polar surface area (TPSA) is 61.9 Å². The number of alkyl carbamates (subject to hydrolysis) is 1. The third-order valence-corrected chi connectivity index (χ3v) is 7.44. The van der Waals surface area contributed by atoms with Crippen molar-refractivity contribution in [3.05, 3.63) is 70.8 Å². The van der Waals surface area contributed by atoms with Crippen LogP contribution < -0.4 is 5.32 Å². The molecule has 12 heteroatoms. The number of fused-ring (bicyclic) bond motifs is 1. The van der Waals surface area contributed by atoms with Crippen LogP contribution in [-0.4, -0.2) is 46.7 Å². The molecule has 2 aliphatic rings. The number of rotatable bonds is 4. The van der Waals surface area contributed by atoms with E-state index in [-0.39, 0.29) is 24.1 Å². The third kappa shape index (κ3) is 5.85. The number of hydrogen-bond donors (Lipinski definition) is 1. The SMILES string of the molecule is C[C@@H](c1cc(C(F)(F)F)cc(C(F)(F)F)c1)N(C)C(=O)N1CC2C[C@@]2(NC(=O)OC(C)(C)C)[C@H]1c1ccccc1. The lowest BCUT2D eigenvalue weighted by molar-refractivity contribution is -0.143. The fourth-order valence-electron chi connectivity index (χ4n) is 5.36. The Morgan fingerprint density at radius 2 is 1.55 bits per heavy atom. The molecule has 1 aliphatic heterocycles. The van der Waals surface area contributed by atoms with Crippen LogP contribution in [0.15, 0.2) is 48.5 Å². The summed E-state index contributed by atoms with van der Waals surface area (Å²) < 4.78 is 86.1. The second kappa shape index (κ2) is 9.88. The number of nitrogens with zero attached hydrogens (tertiary/aromatic N) is 2. The molecule has 0 bridgehead atoms. The Bertz CT molecular complexity index is 1240. The summed E-state index contributed by atoms with van der Waals surface area (Å²) in [5, 5.41) is 2.94. The van der Waals surface area contributed by atoms with E-state index in [1.54, 1.807) is 51.1 Å². The zero-order valence-electron chi connectivity index (χ0n) is 22.7. The average molecular weight is 572 g/mol. The maximum absolute atomic E-state index is 13.8. The van der Waals surface area contributed by atoms with Crippen LogP contribution in [0.3, 0.4) is 0 Å². The predicted molar refractivity (Wildman–Crippen MR) is 134 cm³/mol. The van der Waals surface area contributed by atoms with Crippen molar-refractivity contribution >= 4 is 12.1 Å². The van der Waals surface area contributed by atoms with Crippen molar-refractivity contribution in [2.24, 2.45) is 5.92 Å². The van der Waals surface area contributed by atoms with Crippen LogP contribution in [0.5, 0.6) is 0 Å². The molecule has 2 aromatic rings. The number of halogens is 6. The van der Waals surface area contributed by atoms with Crippen LogP contribution in [0.4, 0.5) is 35.9 Å². The molecule has 1 aliphatic carbocycles. The van der Waals surface area contributed by atoms with E-state index in [4.69, 9.17) is 4.74 Å². The van der Waals surface area contributed by atoms with Gasteiger partial charge in [-0.2, -0.15) is 26.3 Å². The molecule has 2 fully saturated rings. The van der Waals surface area contributed by atoms with Crippen LogP contribution in [0.2, 0.25) is 0 Å². The van der Waals surface area contributed by atoms with E-state index < -0.39 is 58.8 Å². The smallest absolute Gasteiger partial charge is 0.416 e. The number of likely N-dealkylation sites (tertiary alicyclic amines) is 1. The minimum absolute atomic E-state index is 0.0591. The summed E-state index contributed by atoms with van der Waals surface area (Å²) in [4.78, 5) is 29.1. The predicted octanol–water partition coefficient (Wildman–Crippen LogP) is 7.18. The zero-order chi connectivity index (χ0) is 29.8. The van der Waals surface area contributed by atoms with Gasteiger partial charge in [0.2, 0.25) is 0 Å². The highest BCUT2D eigenvalue weighted by Gasteiger charge is 2.69. The van der Waals surface area contributed by atoms with Gasteiger partial charge in [0, 0.05) is 19.5 Å². The van der Waals surface area contributed by atoms with E-state index in [1.807, 2.05) is 0 Å². The number of urea groups is 1. The first kappa shape index (κ1) is 29.5. The first-order valence-corrected chi connectivity index (χ1v) is 12.7. The molecule has 2 aromatic carbocycles. The van der Waals surface area contributed by atoms with Crippen molar-refractivity contribution in [3.63, 3.8) is 0 Å². The van der Waals surface area contributed by atoms with E-state index in [0.29, 0.717) is 18.6 Å². The number of alkyl halides is 6. The number of ether oxygens (including phenoxy) is 1. The second-order valence-corrected chi connectivity index (χ2v) is 11.4. The van der Waals surface area contributed by atoms with Crippen molar-refractivity contribution < 1.29 is 40.7 Å². The summed E-state index contributed by atoms with van der Waals surface area (Å²) in [5.74, 6) is -0.108.